The minimum absolute atomic E-state index is 0.238. The third kappa shape index (κ3) is 1.86. The molecule has 0 atom stereocenters. The number of fused-ring (bicyclic) bond motifs is 1. The molecule has 0 spiro atoms. The Morgan fingerprint density at radius 2 is 2.56 bits per heavy atom. The molecule has 16 heavy (non-hydrogen) atoms. The van der Waals surface area contributed by atoms with E-state index in [1.807, 2.05) is 11.5 Å². The van der Waals surface area contributed by atoms with Crippen molar-refractivity contribution in [2.45, 2.75) is 26.5 Å². The maximum atomic E-state index is 11.2. The number of anilines is 1. The van der Waals surface area contributed by atoms with E-state index in [2.05, 4.69) is 16.9 Å². The molecule has 1 aliphatic rings. The van der Waals surface area contributed by atoms with Gasteiger partial charge in [-0.3, -0.25) is 10.1 Å². The fourth-order valence-electron chi connectivity index (χ4n) is 1.87. The van der Waals surface area contributed by atoms with E-state index in [4.69, 9.17) is 4.74 Å². The highest BCUT2D eigenvalue weighted by Crippen LogP contribution is 2.21. The molecule has 5 nitrogen and oxygen atoms in total. The summed E-state index contributed by atoms with van der Waals surface area (Å²) in [6.07, 6.45) is 2.09. The first-order valence-electron chi connectivity index (χ1n) is 5.35. The van der Waals surface area contributed by atoms with Crippen molar-refractivity contribution in [2.24, 2.45) is 0 Å². The molecule has 0 bridgehead atoms. The van der Waals surface area contributed by atoms with Gasteiger partial charge in [-0.05, 0) is 13.0 Å². The second kappa shape index (κ2) is 4.49. The Kier molecular flexibility index (Phi) is 3.05. The zero-order valence-corrected chi connectivity index (χ0v) is 9.32. The van der Waals surface area contributed by atoms with Gasteiger partial charge in [-0.1, -0.05) is 6.58 Å². The average Bonchev–Trinajstić information content (AvgIpc) is 2.65. The third-order valence-electron chi connectivity index (χ3n) is 2.61. The average molecular weight is 221 g/mol. The van der Waals surface area contributed by atoms with Gasteiger partial charge >= 0.3 is 0 Å². The summed E-state index contributed by atoms with van der Waals surface area (Å²) in [6, 6.07) is 0. The van der Waals surface area contributed by atoms with Crippen LogP contribution in [0, 0.1) is 0 Å². The van der Waals surface area contributed by atoms with Gasteiger partial charge in [0.05, 0.1) is 18.9 Å². The molecule has 0 aliphatic carbocycles. The van der Waals surface area contributed by atoms with E-state index in [1.54, 1.807) is 0 Å². The van der Waals surface area contributed by atoms with Gasteiger partial charge in [0.2, 0.25) is 11.9 Å². The Morgan fingerprint density at radius 3 is 3.25 bits per heavy atom. The number of carbonyl (C=O) groups excluding carboxylic acids is 1. The van der Waals surface area contributed by atoms with Crippen molar-refractivity contribution < 1.29 is 9.53 Å². The number of amides is 1. The third-order valence-corrected chi connectivity index (χ3v) is 2.61. The molecular formula is C11H15N3O2. The summed E-state index contributed by atoms with van der Waals surface area (Å²) < 4.78 is 7.34. The van der Waals surface area contributed by atoms with Crippen LogP contribution < -0.4 is 5.32 Å². The van der Waals surface area contributed by atoms with E-state index in [1.165, 1.54) is 6.08 Å². The lowest BCUT2D eigenvalue weighted by Crippen LogP contribution is -2.15. The van der Waals surface area contributed by atoms with Crippen molar-refractivity contribution in [3.05, 3.63) is 24.0 Å². The fraction of sp³-hybridized carbons (Fsp3) is 0.455. The maximum absolute atomic E-state index is 11.2. The molecule has 86 valence electrons. The summed E-state index contributed by atoms with van der Waals surface area (Å²) in [6.45, 7) is 7.48. The van der Waals surface area contributed by atoms with Gasteiger partial charge in [0.25, 0.3) is 0 Å². The molecule has 0 aromatic carbocycles. The predicted octanol–water partition coefficient (Wildman–Crippen LogP) is 1.10. The van der Waals surface area contributed by atoms with Crippen molar-refractivity contribution >= 4 is 11.9 Å². The number of carbonyl (C=O) groups is 1. The summed E-state index contributed by atoms with van der Waals surface area (Å²) in [4.78, 5) is 15.6. The van der Waals surface area contributed by atoms with Crippen LogP contribution in [-0.2, 0) is 29.1 Å². The standard InChI is InChI=1S/C11H15N3O2/c1-3-10(15)13-11-12-8-7-16-6-5-9(8)14(11)4-2/h3H,1,4-7H2,2H3,(H,12,13,15). The number of imidazole rings is 1. The van der Waals surface area contributed by atoms with Gasteiger partial charge in [0, 0.05) is 18.7 Å². The van der Waals surface area contributed by atoms with Gasteiger partial charge < -0.3 is 9.30 Å². The van der Waals surface area contributed by atoms with Crippen LogP contribution in [-0.4, -0.2) is 22.1 Å². The molecule has 0 saturated carbocycles. The molecule has 0 radical (unpaired) electrons. The Labute approximate surface area is 94.1 Å². The first kappa shape index (κ1) is 10.9. The molecule has 1 aromatic heterocycles. The van der Waals surface area contributed by atoms with E-state index in [0.29, 0.717) is 19.2 Å². The minimum atomic E-state index is -0.238. The van der Waals surface area contributed by atoms with Crippen LogP contribution in [0.5, 0.6) is 0 Å². The summed E-state index contributed by atoms with van der Waals surface area (Å²) in [5, 5.41) is 2.71. The van der Waals surface area contributed by atoms with Crippen LogP contribution in [0.1, 0.15) is 18.3 Å². The summed E-state index contributed by atoms with van der Waals surface area (Å²) >= 11 is 0. The lowest BCUT2D eigenvalue weighted by Gasteiger charge is -2.14. The zero-order chi connectivity index (χ0) is 11.5. The van der Waals surface area contributed by atoms with E-state index in [9.17, 15) is 4.79 Å². The Morgan fingerprint density at radius 1 is 1.75 bits per heavy atom. The van der Waals surface area contributed by atoms with Gasteiger partial charge in [-0.15, -0.1) is 0 Å². The van der Waals surface area contributed by atoms with Crippen molar-refractivity contribution in [1.82, 2.24) is 9.55 Å². The molecule has 0 saturated heterocycles. The fourth-order valence-corrected chi connectivity index (χ4v) is 1.87. The monoisotopic (exact) mass is 221 g/mol. The highest BCUT2D eigenvalue weighted by atomic mass is 16.5. The van der Waals surface area contributed by atoms with E-state index in [0.717, 1.165) is 24.4 Å². The number of ether oxygens (including phenoxy) is 1. The van der Waals surface area contributed by atoms with Crippen molar-refractivity contribution in [2.75, 3.05) is 11.9 Å². The van der Waals surface area contributed by atoms with Crippen LogP contribution in [0.4, 0.5) is 5.95 Å². The highest BCUT2D eigenvalue weighted by Gasteiger charge is 2.19. The van der Waals surface area contributed by atoms with Gasteiger partial charge in [-0.25, -0.2) is 4.98 Å². The summed E-state index contributed by atoms with van der Waals surface area (Å²) in [7, 11) is 0. The molecule has 2 rings (SSSR count). The summed E-state index contributed by atoms with van der Waals surface area (Å²) in [5.41, 5.74) is 2.08. The largest absolute Gasteiger partial charge is 0.375 e. The Bertz CT molecular complexity index is 423. The second-order valence-electron chi connectivity index (χ2n) is 3.57. The van der Waals surface area contributed by atoms with Crippen molar-refractivity contribution in [1.29, 1.82) is 0 Å². The Balaban J connectivity index is 2.33. The highest BCUT2D eigenvalue weighted by molar-refractivity contribution is 5.97. The molecular weight excluding hydrogens is 206 g/mol. The predicted molar refractivity (Wildman–Crippen MR) is 60.1 cm³/mol. The van der Waals surface area contributed by atoms with Gasteiger partial charge in [0.1, 0.15) is 0 Å². The van der Waals surface area contributed by atoms with Crippen LogP contribution in [0.3, 0.4) is 0 Å². The topological polar surface area (TPSA) is 56.2 Å². The summed E-state index contributed by atoms with van der Waals surface area (Å²) in [5.74, 6) is 0.348. The number of nitrogens with zero attached hydrogens (tertiary/aromatic N) is 2. The lowest BCUT2D eigenvalue weighted by molar-refractivity contribution is -0.111. The number of rotatable bonds is 3. The van der Waals surface area contributed by atoms with Crippen LogP contribution in [0.25, 0.3) is 0 Å². The number of hydrogen-bond donors (Lipinski definition) is 1. The second-order valence-corrected chi connectivity index (χ2v) is 3.57. The normalized spacial score (nSPS) is 14.3. The van der Waals surface area contributed by atoms with Crippen LogP contribution >= 0.6 is 0 Å². The van der Waals surface area contributed by atoms with E-state index >= 15 is 0 Å². The molecule has 0 unspecified atom stereocenters. The lowest BCUT2D eigenvalue weighted by atomic mass is 10.2. The van der Waals surface area contributed by atoms with Gasteiger partial charge in [0.15, 0.2) is 0 Å². The zero-order valence-electron chi connectivity index (χ0n) is 9.32. The Hall–Kier alpha value is -1.62. The number of hydrogen-bond acceptors (Lipinski definition) is 3. The quantitative estimate of drug-likeness (QED) is 0.778. The minimum Gasteiger partial charge on any atom is -0.375 e. The molecule has 0 fully saturated rings. The number of nitrogens with one attached hydrogen (secondary N) is 1. The SMILES string of the molecule is C=CC(=O)Nc1nc2c(n1CC)CCOC2. The maximum Gasteiger partial charge on any atom is 0.250 e. The van der Waals surface area contributed by atoms with E-state index < -0.39 is 0 Å². The molecule has 1 amide bonds. The molecule has 2 heterocycles. The van der Waals surface area contributed by atoms with Crippen molar-refractivity contribution in [3.8, 4) is 0 Å². The van der Waals surface area contributed by atoms with E-state index in [-0.39, 0.29) is 5.91 Å². The van der Waals surface area contributed by atoms with Crippen molar-refractivity contribution in [3.63, 3.8) is 0 Å². The van der Waals surface area contributed by atoms with Gasteiger partial charge in [-0.2, -0.15) is 0 Å². The molecule has 1 aliphatic heterocycles. The molecule has 5 heteroatoms. The molecule has 1 aromatic rings. The smallest absolute Gasteiger partial charge is 0.250 e. The number of aromatic nitrogens is 2. The molecule has 1 N–H and O–H groups in total. The first-order chi connectivity index (χ1) is 7.76. The first-order valence-corrected chi connectivity index (χ1v) is 5.35. The van der Waals surface area contributed by atoms with Crippen LogP contribution in [0.2, 0.25) is 0 Å². The van der Waals surface area contributed by atoms with Crippen LogP contribution in [0.15, 0.2) is 12.7 Å².